The van der Waals surface area contributed by atoms with Crippen molar-refractivity contribution in [2.75, 3.05) is 26.1 Å². The summed E-state index contributed by atoms with van der Waals surface area (Å²) in [6.07, 6.45) is 1.12. The maximum atomic E-state index is 11.2. The van der Waals surface area contributed by atoms with Gasteiger partial charge in [0, 0.05) is 36.3 Å². The summed E-state index contributed by atoms with van der Waals surface area (Å²) >= 11 is 0. The molecular weight excluding hydrogens is 256 g/mol. The highest BCUT2D eigenvalue weighted by Crippen LogP contribution is 2.29. The summed E-state index contributed by atoms with van der Waals surface area (Å²) in [6, 6.07) is 0. The summed E-state index contributed by atoms with van der Waals surface area (Å²) in [4.78, 5) is 0. The Morgan fingerprint density at radius 3 is 1.53 bits per heavy atom. The molecule has 0 amide bonds. The van der Waals surface area contributed by atoms with Crippen molar-refractivity contribution in [1.29, 1.82) is 0 Å². The fourth-order valence-corrected chi connectivity index (χ4v) is 9.98. The number of hydrogen-bond donors (Lipinski definition) is 0. The Balaban J connectivity index is 4.75. The molecule has 0 fully saturated rings. The largest absolute Gasteiger partial charge is 0.588 e. The summed E-state index contributed by atoms with van der Waals surface area (Å²) in [5, 5.41) is 0. The molecule has 0 bridgehead atoms. The van der Waals surface area contributed by atoms with Gasteiger partial charge in [-0.15, -0.1) is 0 Å². The Bertz CT molecular complexity index is 250. The topological polar surface area (TPSA) is 61.8 Å². The van der Waals surface area contributed by atoms with E-state index >= 15 is 0 Å². The van der Waals surface area contributed by atoms with Gasteiger partial charge in [-0.25, -0.2) is 8.42 Å². The summed E-state index contributed by atoms with van der Waals surface area (Å²) in [5.74, 6) is 0. The third-order valence-corrected chi connectivity index (χ3v) is 10.8. The molecule has 5 nitrogen and oxygen atoms in total. The normalized spacial score (nSPS) is 13.1. The van der Waals surface area contributed by atoms with E-state index in [-0.39, 0.29) is 0 Å². The maximum Gasteiger partial charge on any atom is 0.588 e. The van der Waals surface area contributed by atoms with E-state index in [9.17, 15) is 8.42 Å². The lowest BCUT2D eigenvalue weighted by atomic mass is 10.9. The van der Waals surface area contributed by atoms with E-state index in [2.05, 4.69) is 0 Å². The molecule has 15 heavy (non-hydrogen) atoms. The third kappa shape index (κ3) is 6.54. The van der Waals surface area contributed by atoms with Crippen molar-refractivity contribution in [1.82, 2.24) is 0 Å². The molecule has 0 aliphatic rings. The minimum Gasteiger partial charge on any atom is -0.365 e. The molecule has 0 aromatic rings. The lowest BCUT2D eigenvalue weighted by molar-refractivity contribution is 0.0970. The molecule has 0 heterocycles. The molecule has 0 spiro atoms. The molecule has 0 saturated carbocycles. The van der Waals surface area contributed by atoms with Crippen molar-refractivity contribution in [2.24, 2.45) is 0 Å². The molecular formula is C7H18O5S2Si. The van der Waals surface area contributed by atoms with Crippen LogP contribution >= 0.6 is 10.2 Å². The third-order valence-electron chi connectivity index (χ3n) is 1.22. The van der Waals surface area contributed by atoms with Crippen LogP contribution in [0.1, 0.15) is 20.8 Å². The highest BCUT2D eigenvalue weighted by Gasteiger charge is 2.46. The minimum absolute atomic E-state index is 0.370. The van der Waals surface area contributed by atoms with E-state index in [1.54, 1.807) is 20.8 Å². The quantitative estimate of drug-likeness (QED) is 0.490. The van der Waals surface area contributed by atoms with Crippen molar-refractivity contribution in [3.8, 4) is 0 Å². The second-order valence-electron chi connectivity index (χ2n) is 2.59. The Morgan fingerprint density at radius 2 is 1.33 bits per heavy atom. The summed E-state index contributed by atoms with van der Waals surface area (Å²) < 4.78 is 38.6. The zero-order valence-electron chi connectivity index (χ0n) is 9.48. The molecule has 0 N–H and O–H groups in total. The molecule has 0 atom stereocenters. The van der Waals surface area contributed by atoms with Gasteiger partial charge in [0.25, 0.3) is 0 Å². The van der Waals surface area contributed by atoms with Gasteiger partial charge in [-0.2, -0.15) is 0 Å². The van der Waals surface area contributed by atoms with Gasteiger partial charge in [0.2, 0.25) is 0 Å². The van der Waals surface area contributed by atoms with Crippen LogP contribution < -0.4 is 0 Å². The molecule has 8 heteroatoms. The molecule has 0 unspecified atom stereocenters. The zero-order valence-corrected chi connectivity index (χ0v) is 12.1. The van der Waals surface area contributed by atoms with Crippen LogP contribution in [0, 0.1) is 0 Å². The molecule has 0 aromatic carbocycles. The first kappa shape index (κ1) is 15.4. The lowest BCUT2D eigenvalue weighted by Crippen LogP contribution is -2.43. The molecule has 92 valence electrons. The Kier molecular flexibility index (Phi) is 7.05. The Labute approximate surface area is 95.8 Å². The fourth-order valence-electron chi connectivity index (χ4n) is 0.913. The first-order valence-corrected chi connectivity index (χ1v) is 10.4. The van der Waals surface area contributed by atoms with Gasteiger partial charge in [0.1, 0.15) is 0 Å². The summed E-state index contributed by atoms with van der Waals surface area (Å²) in [5.41, 5.74) is 0. The van der Waals surface area contributed by atoms with Crippen LogP contribution in [-0.4, -0.2) is 42.4 Å². The molecule has 0 radical (unpaired) electrons. The molecule has 0 rings (SSSR count). The van der Waals surface area contributed by atoms with E-state index in [1.807, 2.05) is 0 Å². The highest BCUT2D eigenvalue weighted by atomic mass is 33.2. The standard InChI is InChI=1S/C7H18O5S2Si/c1-5-10-15(11-6-2,12-7-3)13-14(4,8)9/h5-7H2,1-4H3. The van der Waals surface area contributed by atoms with Crippen molar-refractivity contribution in [2.45, 2.75) is 20.8 Å². The van der Waals surface area contributed by atoms with Crippen LogP contribution in [0.4, 0.5) is 0 Å². The Hall–Kier alpha value is 0.397. The van der Waals surface area contributed by atoms with Crippen LogP contribution in [0.3, 0.4) is 0 Å². The second kappa shape index (κ2) is 6.87. The van der Waals surface area contributed by atoms with E-state index < -0.39 is 16.8 Å². The first-order valence-electron chi connectivity index (χ1n) is 4.71. The predicted molar refractivity (Wildman–Crippen MR) is 63.1 cm³/mol. The molecule has 0 aliphatic carbocycles. The number of rotatable bonds is 8. The smallest absolute Gasteiger partial charge is 0.365 e. The zero-order chi connectivity index (χ0) is 11.9. The van der Waals surface area contributed by atoms with Crippen molar-refractivity contribution in [3.05, 3.63) is 0 Å². The van der Waals surface area contributed by atoms with Crippen LogP contribution in [0.2, 0.25) is 0 Å². The van der Waals surface area contributed by atoms with Gasteiger partial charge >= 0.3 is 7.95 Å². The van der Waals surface area contributed by atoms with Crippen molar-refractivity contribution >= 4 is 27.1 Å². The summed E-state index contributed by atoms with van der Waals surface area (Å²) in [7, 11) is -5.68. The average molecular weight is 274 g/mol. The SMILES string of the molecule is CCO[Si](OCC)(OCC)SS(C)(=O)=O. The molecule has 0 aromatic heterocycles. The van der Waals surface area contributed by atoms with Gasteiger partial charge in [0.05, 0.1) is 0 Å². The van der Waals surface area contributed by atoms with Crippen LogP contribution in [-0.2, 0) is 22.1 Å². The predicted octanol–water partition coefficient (Wildman–Crippen LogP) is 1.22. The maximum absolute atomic E-state index is 11.2. The van der Waals surface area contributed by atoms with Crippen LogP contribution in [0.25, 0.3) is 0 Å². The summed E-state index contributed by atoms with van der Waals surface area (Å²) in [6.45, 7) is 6.45. The minimum atomic E-state index is -3.24. The highest BCUT2D eigenvalue weighted by molar-refractivity contribution is 8.82. The van der Waals surface area contributed by atoms with Gasteiger partial charge < -0.3 is 13.3 Å². The van der Waals surface area contributed by atoms with E-state index in [0.29, 0.717) is 30.1 Å². The Morgan fingerprint density at radius 1 is 1.00 bits per heavy atom. The van der Waals surface area contributed by atoms with E-state index in [0.717, 1.165) is 6.26 Å². The first-order chi connectivity index (χ1) is 6.89. The van der Waals surface area contributed by atoms with Gasteiger partial charge in [-0.05, 0) is 20.8 Å². The van der Waals surface area contributed by atoms with Gasteiger partial charge in [0.15, 0.2) is 8.87 Å². The van der Waals surface area contributed by atoms with Crippen molar-refractivity contribution < 1.29 is 21.7 Å². The second-order valence-corrected chi connectivity index (χ2v) is 11.3. The van der Waals surface area contributed by atoms with E-state index in [4.69, 9.17) is 13.3 Å². The molecule has 0 aliphatic heterocycles. The van der Waals surface area contributed by atoms with Gasteiger partial charge in [-0.3, -0.25) is 0 Å². The molecule has 0 saturated heterocycles. The van der Waals surface area contributed by atoms with Crippen LogP contribution in [0.5, 0.6) is 0 Å². The van der Waals surface area contributed by atoms with Crippen molar-refractivity contribution in [3.63, 3.8) is 0 Å². The van der Waals surface area contributed by atoms with Crippen LogP contribution in [0.15, 0.2) is 0 Å². The monoisotopic (exact) mass is 274 g/mol. The fraction of sp³-hybridized carbons (Fsp3) is 1.00. The van der Waals surface area contributed by atoms with Gasteiger partial charge in [-0.1, -0.05) is 0 Å². The lowest BCUT2D eigenvalue weighted by Gasteiger charge is -2.25. The van der Waals surface area contributed by atoms with E-state index in [1.165, 1.54) is 0 Å². The number of hydrogen-bond acceptors (Lipinski definition) is 6. The average Bonchev–Trinajstić information content (AvgIpc) is 2.01.